The Morgan fingerprint density at radius 3 is 2.71 bits per heavy atom. The molecule has 0 unspecified atom stereocenters. The molecular weight excluding hydrogens is 210 g/mol. The van der Waals surface area contributed by atoms with Gasteiger partial charge in [-0.3, -0.25) is 4.68 Å². The molecule has 0 aromatic carbocycles. The first-order valence-electron chi connectivity index (χ1n) is 7.01. The van der Waals surface area contributed by atoms with Gasteiger partial charge in [0.05, 0.1) is 5.69 Å². The van der Waals surface area contributed by atoms with Crippen LogP contribution in [0.4, 0.5) is 0 Å². The van der Waals surface area contributed by atoms with E-state index in [1.165, 1.54) is 43.4 Å². The van der Waals surface area contributed by atoms with Crippen molar-refractivity contribution in [2.24, 2.45) is 0 Å². The summed E-state index contributed by atoms with van der Waals surface area (Å²) in [6.07, 6.45) is 8.58. The van der Waals surface area contributed by atoms with Crippen molar-refractivity contribution in [1.29, 1.82) is 0 Å². The van der Waals surface area contributed by atoms with Crippen LogP contribution in [-0.2, 0) is 13.1 Å². The van der Waals surface area contributed by atoms with Gasteiger partial charge in [-0.15, -0.1) is 0 Å². The van der Waals surface area contributed by atoms with Crippen LogP contribution in [0.15, 0.2) is 6.20 Å². The fourth-order valence-electron chi connectivity index (χ4n) is 1.95. The summed E-state index contributed by atoms with van der Waals surface area (Å²) in [5.41, 5.74) is 2.51. The smallest absolute Gasteiger partial charge is 0.0638 e. The number of hydrogen-bond donors (Lipinski definition) is 1. The second kappa shape index (κ2) is 8.29. The van der Waals surface area contributed by atoms with Crippen LogP contribution in [0.25, 0.3) is 0 Å². The summed E-state index contributed by atoms with van der Waals surface area (Å²) in [7, 11) is 0. The molecule has 0 aliphatic rings. The minimum atomic E-state index is 0.953. The van der Waals surface area contributed by atoms with Crippen molar-refractivity contribution in [2.75, 3.05) is 6.54 Å². The van der Waals surface area contributed by atoms with E-state index in [1.54, 1.807) is 0 Å². The first-order valence-corrected chi connectivity index (χ1v) is 7.01. The molecule has 1 heterocycles. The van der Waals surface area contributed by atoms with Crippen LogP contribution in [0.5, 0.6) is 0 Å². The highest BCUT2D eigenvalue weighted by Gasteiger charge is 2.03. The maximum Gasteiger partial charge on any atom is 0.0638 e. The predicted molar refractivity (Wildman–Crippen MR) is 73.1 cm³/mol. The summed E-state index contributed by atoms with van der Waals surface area (Å²) < 4.78 is 2.11. The van der Waals surface area contributed by atoms with Crippen LogP contribution in [-0.4, -0.2) is 16.3 Å². The number of unbranched alkanes of at least 4 members (excludes halogenated alkanes) is 3. The van der Waals surface area contributed by atoms with Crippen LogP contribution in [0.2, 0.25) is 0 Å². The molecule has 1 N–H and O–H groups in total. The van der Waals surface area contributed by atoms with Crippen molar-refractivity contribution >= 4 is 0 Å². The average molecular weight is 237 g/mol. The van der Waals surface area contributed by atoms with Crippen LogP contribution in [0.1, 0.15) is 57.2 Å². The van der Waals surface area contributed by atoms with Gasteiger partial charge in [-0.2, -0.15) is 5.10 Å². The highest BCUT2D eigenvalue weighted by molar-refractivity contribution is 5.14. The summed E-state index contributed by atoms with van der Waals surface area (Å²) in [5, 5.41) is 7.99. The standard InChI is InChI=1S/C14H27N3/c1-4-6-7-8-10-17-12-14(13(3)16-17)11-15-9-5-2/h12,15H,4-11H2,1-3H3. The van der Waals surface area contributed by atoms with Gasteiger partial charge in [0.25, 0.3) is 0 Å². The predicted octanol–water partition coefficient (Wildman–Crippen LogP) is 3.27. The molecule has 0 fully saturated rings. The van der Waals surface area contributed by atoms with E-state index in [2.05, 4.69) is 42.1 Å². The first kappa shape index (κ1) is 14.2. The van der Waals surface area contributed by atoms with E-state index in [4.69, 9.17) is 0 Å². The zero-order valence-electron chi connectivity index (χ0n) is 11.6. The first-order chi connectivity index (χ1) is 8.27. The summed E-state index contributed by atoms with van der Waals surface area (Å²) in [4.78, 5) is 0. The quantitative estimate of drug-likeness (QED) is 0.668. The molecule has 0 saturated carbocycles. The molecule has 0 bridgehead atoms. The highest BCUT2D eigenvalue weighted by Crippen LogP contribution is 2.07. The molecule has 0 atom stereocenters. The van der Waals surface area contributed by atoms with E-state index in [1.807, 2.05) is 0 Å². The summed E-state index contributed by atoms with van der Waals surface area (Å²) in [6.45, 7) is 9.64. The largest absolute Gasteiger partial charge is 0.313 e. The third-order valence-corrected chi connectivity index (χ3v) is 3.03. The topological polar surface area (TPSA) is 29.9 Å². The molecule has 3 nitrogen and oxygen atoms in total. The highest BCUT2D eigenvalue weighted by atomic mass is 15.3. The van der Waals surface area contributed by atoms with Crippen LogP contribution >= 0.6 is 0 Å². The normalized spacial score (nSPS) is 11.0. The zero-order chi connectivity index (χ0) is 12.5. The van der Waals surface area contributed by atoms with Crippen molar-refractivity contribution in [1.82, 2.24) is 15.1 Å². The lowest BCUT2D eigenvalue weighted by molar-refractivity contribution is 0.538. The number of nitrogens with zero attached hydrogens (tertiary/aromatic N) is 2. The summed E-state index contributed by atoms with van der Waals surface area (Å²) in [6, 6.07) is 0. The molecule has 3 heteroatoms. The molecule has 17 heavy (non-hydrogen) atoms. The number of rotatable bonds is 9. The molecule has 0 amide bonds. The van der Waals surface area contributed by atoms with Gasteiger partial charge in [0, 0.05) is 24.8 Å². The molecule has 0 radical (unpaired) electrons. The van der Waals surface area contributed by atoms with E-state index in [0.29, 0.717) is 0 Å². The fourth-order valence-corrected chi connectivity index (χ4v) is 1.95. The Hall–Kier alpha value is -0.830. The lowest BCUT2D eigenvalue weighted by Gasteiger charge is -2.01. The Balaban J connectivity index is 2.33. The van der Waals surface area contributed by atoms with E-state index >= 15 is 0 Å². The molecule has 1 aromatic heterocycles. The van der Waals surface area contributed by atoms with Gasteiger partial charge in [0.1, 0.15) is 0 Å². The van der Waals surface area contributed by atoms with Gasteiger partial charge in [-0.05, 0) is 26.3 Å². The molecule has 0 aliphatic carbocycles. The van der Waals surface area contributed by atoms with Gasteiger partial charge in [-0.25, -0.2) is 0 Å². The fraction of sp³-hybridized carbons (Fsp3) is 0.786. The van der Waals surface area contributed by atoms with Crippen LogP contribution in [0, 0.1) is 6.92 Å². The van der Waals surface area contributed by atoms with Crippen LogP contribution in [0.3, 0.4) is 0 Å². The molecule has 1 rings (SSSR count). The Labute approximate surface area is 106 Å². The van der Waals surface area contributed by atoms with Gasteiger partial charge in [-0.1, -0.05) is 33.1 Å². The van der Waals surface area contributed by atoms with Crippen molar-refractivity contribution in [3.05, 3.63) is 17.5 Å². The van der Waals surface area contributed by atoms with Gasteiger partial charge in [0.15, 0.2) is 0 Å². The molecular formula is C14H27N3. The Morgan fingerprint density at radius 2 is 2.00 bits per heavy atom. The second-order valence-electron chi connectivity index (χ2n) is 4.74. The number of aromatic nitrogens is 2. The van der Waals surface area contributed by atoms with E-state index in [-0.39, 0.29) is 0 Å². The average Bonchev–Trinajstić information content (AvgIpc) is 2.66. The molecule has 98 valence electrons. The van der Waals surface area contributed by atoms with Crippen molar-refractivity contribution in [3.63, 3.8) is 0 Å². The zero-order valence-corrected chi connectivity index (χ0v) is 11.6. The van der Waals surface area contributed by atoms with Gasteiger partial charge in [0.2, 0.25) is 0 Å². The Kier molecular flexibility index (Phi) is 6.94. The lowest BCUT2D eigenvalue weighted by atomic mass is 10.2. The van der Waals surface area contributed by atoms with Gasteiger partial charge < -0.3 is 5.32 Å². The summed E-state index contributed by atoms with van der Waals surface area (Å²) in [5.74, 6) is 0. The number of hydrogen-bond acceptors (Lipinski definition) is 2. The van der Waals surface area contributed by atoms with E-state index in [9.17, 15) is 0 Å². The minimum absolute atomic E-state index is 0.953. The lowest BCUT2D eigenvalue weighted by Crippen LogP contribution is -2.13. The van der Waals surface area contributed by atoms with Crippen molar-refractivity contribution < 1.29 is 0 Å². The number of aryl methyl sites for hydroxylation is 2. The van der Waals surface area contributed by atoms with E-state index in [0.717, 1.165) is 19.6 Å². The van der Waals surface area contributed by atoms with Crippen molar-refractivity contribution in [2.45, 2.75) is 66.0 Å². The molecule has 1 aromatic rings. The van der Waals surface area contributed by atoms with Gasteiger partial charge >= 0.3 is 0 Å². The third-order valence-electron chi connectivity index (χ3n) is 3.03. The van der Waals surface area contributed by atoms with E-state index < -0.39 is 0 Å². The Bertz CT molecular complexity index is 304. The third kappa shape index (κ3) is 5.35. The SMILES string of the molecule is CCCCCCn1cc(CNCCC)c(C)n1. The van der Waals surface area contributed by atoms with Crippen LogP contribution < -0.4 is 5.32 Å². The maximum absolute atomic E-state index is 4.56. The Morgan fingerprint density at radius 1 is 1.18 bits per heavy atom. The number of nitrogens with one attached hydrogen (secondary N) is 1. The summed E-state index contributed by atoms with van der Waals surface area (Å²) >= 11 is 0. The van der Waals surface area contributed by atoms with Crippen molar-refractivity contribution in [3.8, 4) is 0 Å². The molecule has 0 saturated heterocycles. The molecule has 0 aliphatic heterocycles. The minimum Gasteiger partial charge on any atom is -0.313 e. The maximum atomic E-state index is 4.56. The second-order valence-corrected chi connectivity index (χ2v) is 4.74. The molecule has 0 spiro atoms. The monoisotopic (exact) mass is 237 g/mol.